The number of amides is 2. The second-order valence-corrected chi connectivity index (χ2v) is 9.27. The second-order valence-electron chi connectivity index (χ2n) is 9.27. The third-order valence-electron chi connectivity index (χ3n) is 6.38. The van der Waals surface area contributed by atoms with Gasteiger partial charge in [0.25, 0.3) is 11.8 Å². The zero-order chi connectivity index (χ0) is 24.4. The van der Waals surface area contributed by atoms with E-state index in [0.29, 0.717) is 17.0 Å². The Hall–Kier alpha value is -3.66. The number of hydrogen-bond acceptors (Lipinski definition) is 3. The van der Waals surface area contributed by atoms with Gasteiger partial charge in [0, 0.05) is 5.69 Å². The summed E-state index contributed by atoms with van der Waals surface area (Å²) in [6, 6.07) is 19.7. The Morgan fingerprint density at radius 1 is 0.765 bits per heavy atom. The normalized spacial score (nSPS) is 13.7. The molecule has 3 aromatic carbocycles. The lowest BCUT2D eigenvalue weighted by Gasteiger charge is -2.16. The number of imide groups is 1. The largest absolute Gasteiger partial charge is 0.350 e. The van der Waals surface area contributed by atoms with Crippen molar-refractivity contribution in [2.75, 3.05) is 10.2 Å². The van der Waals surface area contributed by atoms with Crippen LogP contribution in [0, 0.1) is 27.7 Å². The van der Waals surface area contributed by atoms with E-state index < -0.39 is 0 Å². The number of carbonyl (C=O) groups is 2. The van der Waals surface area contributed by atoms with Gasteiger partial charge in [0.2, 0.25) is 0 Å². The van der Waals surface area contributed by atoms with Crippen molar-refractivity contribution in [2.24, 2.45) is 0 Å². The molecule has 174 valence electrons. The average molecular weight is 453 g/mol. The number of hydrogen-bond donors (Lipinski definition) is 1. The van der Waals surface area contributed by atoms with E-state index in [-0.39, 0.29) is 11.8 Å². The smallest absolute Gasteiger partial charge is 0.282 e. The van der Waals surface area contributed by atoms with Crippen molar-refractivity contribution in [3.05, 3.63) is 99.7 Å². The van der Waals surface area contributed by atoms with Crippen molar-refractivity contribution in [1.29, 1.82) is 0 Å². The predicted molar refractivity (Wildman–Crippen MR) is 140 cm³/mol. The van der Waals surface area contributed by atoms with E-state index in [1.165, 1.54) is 10.5 Å². The molecule has 0 radical (unpaired) electrons. The quantitative estimate of drug-likeness (QED) is 0.408. The highest BCUT2D eigenvalue weighted by Gasteiger charge is 2.40. The highest BCUT2D eigenvalue weighted by atomic mass is 16.2. The summed E-state index contributed by atoms with van der Waals surface area (Å²) >= 11 is 0. The maximum absolute atomic E-state index is 13.7. The number of carbonyl (C=O) groups excluding carboxylic acids is 2. The minimum atomic E-state index is -0.335. The number of nitrogens with one attached hydrogen (secondary N) is 1. The van der Waals surface area contributed by atoms with Crippen LogP contribution in [0.15, 0.2) is 66.4 Å². The van der Waals surface area contributed by atoms with Gasteiger partial charge in [0.05, 0.1) is 11.3 Å². The molecule has 1 aliphatic heterocycles. The second kappa shape index (κ2) is 9.68. The molecule has 1 heterocycles. The fraction of sp³-hybridized carbons (Fsp3) is 0.267. The van der Waals surface area contributed by atoms with Crippen molar-refractivity contribution in [2.45, 2.75) is 53.9 Å². The van der Waals surface area contributed by atoms with Gasteiger partial charge in [-0.05, 0) is 98.2 Å². The molecule has 0 aromatic heterocycles. The molecule has 0 bridgehead atoms. The molecule has 0 atom stereocenters. The van der Waals surface area contributed by atoms with Gasteiger partial charge in [-0.2, -0.15) is 0 Å². The zero-order valence-corrected chi connectivity index (χ0v) is 20.7. The molecule has 0 aliphatic carbocycles. The van der Waals surface area contributed by atoms with E-state index in [2.05, 4.69) is 18.3 Å². The number of nitrogens with zero attached hydrogens (tertiary/aromatic N) is 1. The molecule has 0 saturated carbocycles. The Morgan fingerprint density at radius 2 is 1.44 bits per heavy atom. The minimum Gasteiger partial charge on any atom is -0.350 e. The van der Waals surface area contributed by atoms with E-state index in [4.69, 9.17) is 0 Å². The summed E-state index contributed by atoms with van der Waals surface area (Å²) in [5.74, 6) is -0.639. The molecule has 0 spiro atoms. The van der Waals surface area contributed by atoms with Gasteiger partial charge < -0.3 is 5.32 Å². The maximum Gasteiger partial charge on any atom is 0.282 e. The molecule has 1 aliphatic rings. The third-order valence-corrected chi connectivity index (χ3v) is 6.38. The number of unbranched alkanes of at least 4 members (excludes halogenated alkanes) is 1. The lowest BCUT2D eigenvalue weighted by molar-refractivity contribution is -0.120. The Labute approximate surface area is 202 Å². The van der Waals surface area contributed by atoms with Crippen LogP contribution in [0.5, 0.6) is 0 Å². The van der Waals surface area contributed by atoms with Gasteiger partial charge in [-0.1, -0.05) is 49.7 Å². The first kappa shape index (κ1) is 23.5. The van der Waals surface area contributed by atoms with Crippen LogP contribution >= 0.6 is 0 Å². The molecule has 34 heavy (non-hydrogen) atoms. The molecular weight excluding hydrogens is 420 g/mol. The summed E-state index contributed by atoms with van der Waals surface area (Å²) in [6.45, 7) is 10.3. The summed E-state index contributed by atoms with van der Waals surface area (Å²) in [7, 11) is 0. The topological polar surface area (TPSA) is 49.4 Å². The van der Waals surface area contributed by atoms with Crippen molar-refractivity contribution < 1.29 is 9.59 Å². The molecule has 0 saturated heterocycles. The van der Waals surface area contributed by atoms with Crippen molar-refractivity contribution in [3.8, 4) is 0 Å². The standard InChI is InChI=1S/C30H32N2O2/c1-6-7-8-23-10-13-26(14-11-23)32-29(33)27(24-12-9-21(4)22(5)18-24)28(30(32)34)31-25-16-19(2)15-20(3)17-25/h9-18,31H,6-8H2,1-5H3. The highest BCUT2D eigenvalue weighted by molar-refractivity contribution is 6.46. The lowest BCUT2D eigenvalue weighted by Crippen LogP contribution is -2.32. The summed E-state index contributed by atoms with van der Waals surface area (Å²) in [4.78, 5) is 28.7. The first-order valence-corrected chi connectivity index (χ1v) is 11.9. The summed E-state index contributed by atoms with van der Waals surface area (Å²) < 4.78 is 0. The van der Waals surface area contributed by atoms with E-state index in [1.54, 1.807) is 0 Å². The third kappa shape index (κ3) is 4.67. The number of rotatable bonds is 7. The Morgan fingerprint density at radius 3 is 2.06 bits per heavy atom. The van der Waals surface area contributed by atoms with Crippen molar-refractivity contribution in [3.63, 3.8) is 0 Å². The molecule has 3 aromatic rings. The fourth-order valence-electron chi connectivity index (χ4n) is 4.43. The van der Waals surface area contributed by atoms with Crippen LogP contribution in [0.4, 0.5) is 11.4 Å². The monoisotopic (exact) mass is 452 g/mol. The number of benzene rings is 3. The lowest BCUT2D eigenvalue weighted by atomic mass is 9.99. The van der Waals surface area contributed by atoms with E-state index in [1.807, 2.05) is 82.3 Å². The van der Waals surface area contributed by atoms with Gasteiger partial charge in [-0.25, -0.2) is 4.90 Å². The number of aryl methyl sites for hydroxylation is 5. The Bertz CT molecular complexity index is 1270. The molecular formula is C30H32N2O2. The van der Waals surface area contributed by atoms with Crippen molar-refractivity contribution >= 4 is 28.8 Å². The SMILES string of the molecule is CCCCc1ccc(N2C(=O)C(Nc3cc(C)cc(C)c3)=C(c3ccc(C)c(C)c3)C2=O)cc1. The van der Waals surface area contributed by atoms with Crippen LogP contribution in [0.2, 0.25) is 0 Å². The molecule has 0 unspecified atom stereocenters. The summed E-state index contributed by atoms with van der Waals surface area (Å²) in [5, 5.41) is 3.29. The number of anilines is 2. The highest BCUT2D eigenvalue weighted by Crippen LogP contribution is 2.35. The Kier molecular flexibility index (Phi) is 6.69. The van der Waals surface area contributed by atoms with Gasteiger partial charge in [-0.15, -0.1) is 0 Å². The van der Waals surface area contributed by atoms with Crippen LogP contribution in [0.25, 0.3) is 5.57 Å². The molecule has 4 nitrogen and oxygen atoms in total. The van der Waals surface area contributed by atoms with Crippen LogP contribution in [-0.4, -0.2) is 11.8 Å². The first-order valence-electron chi connectivity index (χ1n) is 11.9. The van der Waals surface area contributed by atoms with Crippen LogP contribution in [0.3, 0.4) is 0 Å². The first-order chi connectivity index (χ1) is 16.3. The van der Waals surface area contributed by atoms with Crippen LogP contribution in [0.1, 0.15) is 53.1 Å². The zero-order valence-electron chi connectivity index (χ0n) is 20.7. The van der Waals surface area contributed by atoms with E-state index in [0.717, 1.165) is 52.8 Å². The van der Waals surface area contributed by atoms with Crippen molar-refractivity contribution in [1.82, 2.24) is 0 Å². The molecule has 1 N–H and O–H groups in total. The molecule has 2 amide bonds. The maximum atomic E-state index is 13.7. The summed E-state index contributed by atoms with van der Waals surface area (Å²) in [6.07, 6.45) is 3.23. The van der Waals surface area contributed by atoms with Gasteiger partial charge in [-0.3, -0.25) is 9.59 Å². The van der Waals surface area contributed by atoms with E-state index >= 15 is 0 Å². The fourth-order valence-corrected chi connectivity index (χ4v) is 4.43. The van der Waals surface area contributed by atoms with Gasteiger partial charge >= 0.3 is 0 Å². The molecule has 4 heteroatoms. The summed E-state index contributed by atoms with van der Waals surface area (Å²) in [5.41, 5.74) is 8.46. The van der Waals surface area contributed by atoms with Crippen LogP contribution in [-0.2, 0) is 16.0 Å². The van der Waals surface area contributed by atoms with Gasteiger partial charge in [0.15, 0.2) is 0 Å². The average Bonchev–Trinajstić information content (AvgIpc) is 3.03. The predicted octanol–water partition coefficient (Wildman–Crippen LogP) is 6.66. The molecule has 0 fully saturated rings. The molecule has 4 rings (SSSR count). The van der Waals surface area contributed by atoms with Crippen LogP contribution < -0.4 is 10.2 Å². The van der Waals surface area contributed by atoms with E-state index in [9.17, 15) is 9.59 Å². The minimum absolute atomic E-state index is 0.304. The van der Waals surface area contributed by atoms with Gasteiger partial charge in [0.1, 0.15) is 5.70 Å². The Balaban J connectivity index is 1.77.